The summed E-state index contributed by atoms with van der Waals surface area (Å²) < 4.78 is 5.43. The van der Waals surface area contributed by atoms with E-state index in [1.165, 1.54) is 0 Å². The highest BCUT2D eigenvalue weighted by molar-refractivity contribution is 5.90. The second-order valence-electron chi connectivity index (χ2n) is 4.38. The molecule has 3 heteroatoms. The van der Waals surface area contributed by atoms with Gasteiger partial charge < -0.3 is 9.84 Å². The maximum atomic E-state index is 11.8. The van der Waals surface area contributed by atoms with Crippen LogP contribution < -0.4 is 0 Å². The van der Waals surface area contributed by atoms with Gasteiger partial charge in [0.25, 0.3) is 0 Å². The van der Waals surface area contributed by atoms with E-state index in [4.69, 9.17) is 4.74 Å². The highest BCUT2D eigenvalue weighted by atomic mass is 16.5. The van der Waals surface area contributed by atoms with Crippen LogP contribution in [0.4, 0.5) is 0 Å². The Balaban J connectivity index is 4.14. The quantitative estimate of drug-likeness (QED) is 0.677. The van der Waals surface area contributed by atoms with Crippen LogP contribution in [0.2, 0.25) is 0 Å². The van der Waals surface area contributed by atoms with E-state index in [1.807, 2.05) is 13.8 Å². The van der Waals surface area contributed by atoms with Crippen LogP contribution in [0.1, 0.15) is 53.4 Å². The van der Waals surface area contributed by atoms with E-state index in [2.05, 4.69) is 0 Å². The minimum Gasteiger partial charge on any atom is -0.385 e. The van der Waals surface area contributed by atoms with Crippen molar-refractivity contribution in [1.82, 2.24) is 0 Å². The molecular formula is C12H24O3. The number of hydrogen-bond donors (Lipinski definition) is 1. The third-order valence-electron chi connectivity index (χ3n) is 2.39. The monoisotopic (exact) mass is 216 g/mol. The van der Waals surface area contributed by atoms with Crippen molar-refractivity contribution in [3.8, 4) is 0 Å². The molecule has 0 aliphatic carbocycles. The third-order valence-corrected chi connectivity index (χ3v) is 2.39. The molecule has 0 spiro atoms. The lowest BCUT2D eigenvalue weighted by Crippen LogP contribution is -2.42. The van der Waals surface area contributed by atoms with Crippen LogP contribution in [-0.4, -0.2) is 29.2 Å². The van der Waals surface area contributed by atoms with E-state index in [9.17, 15) is 9.90 Å². The van der Waals surface area contributed by atoms with Gasteiger partial charge in [0.15, 0.2) is 5.78 Å². The summed E-state index contributed by atoms with van der Waals surface area (Å²) in [6, 6.07) is 0. The number of ketones is 1. The Kier molecular flexibility index (Phi) is 6.77. The normalized spacial score (nSPS) is 13.9. The molecule has 0 amide bonds. The molecule has 0 fully saturated rings. The fourth-order valence-corrected chi connectivity index (χ4v) is 1.36. The number of ether oxygens (including phenoxy) is 1. The second kappa shape index (κ2) is 6.96. The van der Waals surface area contributed by atoms with Crippen molar-refractivity contribution in [2.45, 2.75) is 65.1 Å². The predicted octanol–water partition coefficient (Wildman–Crippen LogP) is 2.31. The topological polar surface area (TPSA) is 46.5 Å². The number of unbranched alkanes of at least 4 members (excludes halogenated alkanes) is 1. The van der Waals surface area contributed by atoms with Gasteiger partial charge in [-0.1, -0.05) is 26.7 Å². The summed E-state index contributed by atoms with van der Waals surface area (Å²) in [5, 5.41) is 9.65. The summed E-state index contributed by atoms with van der Waals surface area (Å²) in [7, 11) is 0. The number of rotatable bonds is 8. The van der Waals surface area contributed by atoms with Gasteiger partial charge in [0.1, 0.15) is 11.7 Å². The highest BCUT2D eigenvalue weighted by Crippen LogP contribution is 2.16. The largest absolute Gasteiger partial charge is 0.385 e. The molecule has 0 heterocycles. The first kappa shape index (κ1) is 14.6. The molecule has 15 heavy (non-hydrogen) atoms. The van der Waals surface area contributed by atoms with Crippen LogP contribution in [-0.2, 0) is 9.53 Å². The fourth-order valence-electron chi connectivity index (χ4n) is 1.36. The maximum absolute atomic E-state index is 11.8. The van der Waals surface area contributed by atoms with Crippen LogP contribution in [0.5, 0.6) is 0 Å². The van der Waals surface area contributed by atoms with Crippen molar-refractivity contribution in [2.75, 3.05) is 6.61 Å². The van der Waals surface area contributed by atoms with Crippen LogP contribution in [0.15, 0.2) is 0 Å². The standard InChI is InChI=1S/C12H24O3/c1-5-7-8-10(13)11(14)12(3,4)15-9-6-2/h10,13H,5-9H2,1-4H3. The molecule has 3 nitrogen and oxygen atoms in total. The SMILES string of the molecule is CCCCC(O)C(=O)C(C)(C)OCCC. The lowest BCUT2D eigenvalue weighted by Gasteiger charge is -2.26. The van der Waals surface area contributed by atoms with Gasteiger partial charge >= 0.3 is 0 Å². The van der Waals surface area contributed by atoms with E-state index in [-0.39, 0.29) is 5.78 Å². The Hall–Kier alpha value is -0.410. The first-order valence-electron chi connectivity index (χ1n) is 5.82. The average molecular weight is 216 g/mol. The lowest BCUT2D eigenvalue weighted by atomic mass is 9.95. The predicted molar refractivity (Wildman–Crippen MR) is 60.9 cm³/mol. The maximum Gasteiger partial charge on any atom is 0.192 e. The molecule has 0 aromatic rings. The summed E-state index contributed by atoms with van der Waals surface area (Å²) in [5.74, 6) is -0.204. The van der Waals surface area contributed by atoms with E-state index < -0.39 is 11.7 Å². The van der Waals surface area contributed by atoms with Crippen molar-refractivity contribution < 1.29 is 14.6 Å². The molecule has 1 atom stereocenters. The molecule has 0 radical (unpaired) electrons. The number of Topliss-reactive ketones (excluding diaryl/α,β-unsaturated/α-hetero) is 1. The smallest absolute Gasteiger partial charge is 0.192 e. The molecule has 0 aromatic carbocycles. The molecule has 0 bridgehead atoms. The molecule has 90 valence electrons. The Morgan fingerprint density at radius 2 is 1.93 bits per heavy atom. The first-order chi connectivity index (χ1) is 6.95. The number of carbonyl (C=O) groups is 1. The molecule has 0 saturated carbocycles. The minimum atomic E-state index is -0.878. The third kappa shape index (κ3) is 5.28. The second-order valence-corrected chi connectivity index (χ2v) is 4.38. The van der Waals surface area contributed by atoms with E-state index in [0.717, 1.165) is 19.3 Å². The average Bonchev–Trinajstić information content (AvgIpc) is 2.21. The summed E-state index contributed by atoms with van der Waals surface area (Å²) in [5.41, 5.74) is -0.858. The van der Waals surface area contributed by atoms with Gasteiger partial charge in [-0.2, -0.15) is 0 Å². The van der Waals surface area contributed by atoms with Gasteiger partial charge in [0.2, 0.25) is 0 Å². The summed E-state index contributed by atoms with van der Waals surface area (Å²) >= 11 is 0. The molecule has 0 aliphatic heterocycles. The summed E-state index contributed by atoms with van der Waals surface area (Å²) in [6.07, 6.45) is 2.39. The minimum absolute atomic E-state index is 0.204. The van der Waals surface area contributed by atoms with E-state index in [1.54, 1.807) is 13.8 Å². The molecule has 0 aliphatic rings. The molecule has 0 saturated heterocycles. The van der Waals surface area contributed by atoms with Gasteiger partial charge in [-0.3, -0.25) is 4.79 Å². The van der Waals surface area contributed by atoms with Gasteiger partial charge in [-0.15, -0.1) is 0 Å². The zero-order valence-electron chi connectivity index (χ0n) is 10.4. The first-order valence-corrected chi connectivity index (χ1v) is 5.82. The summed E-state index contributed by atoms with van der Waals surface area (Å²) in [6.45, 7) is 8.03. The number of hydrogen-bond acceptors (Lipinski definition) is 3. The fraction of sp³-hybridized carbons (Fsp3) is 0.917. The number of aliphatic hydroxyl groups is 1. The van der Waals surface area contributed by atoms with Crippen LogP contribution in [0.3, 0.4) is 0 Å². The Bertz CT molecular complexity index is 187. The molecular weight excluding hydrogens is 192 g/mol. The van der Waals surface area contributed by atoms with Gasteiger partial charge in [0.05, 0.1) is 0 Å². The van der Waals surface area contributed by atoms with E-state index >= 15 is 0 Å². The van der Waals surface area contributed by atoms with Crippen LogP contribution in [0, 0.1) is 0 Å². The molecule has 1 unspecified atom stereocenters. The highest BCUT2D eigenvalue weighted by Gasteiger charge is 2.32. The lowest BCUT2D eigenvalue weighted by molar-refractivity contribution is -0.149. The van der Waals surface area contributed by atoms with Crippen molar-refractivity contribution in [3.63, 3.8) is 0 Å². The van der Waals surface area contributed by atoms with Crippen molar-refractivity contribution in [2.24, 2.45) is 0 Å². The molecule has 0 rings (SSSR count). The van der Waals surface area contributed by atoms with Gasteiger partial charge in [-0.25, -0.2) is 0 Å². The molecule has 0 aromatic heterocycles. The zero-order chi connectivity index (χ0) is 11.9. The van der Waals surface area contributed by atoms with Crippen molar-refractivity contribution in [1.29, 1.82) is 0 Å². The number of aliphatic hydroxyl groups excluding tert-OH is 1. The summed E-state index contributed by atoms with van der Waals surface area (Å²) in [4.78, 5) is 11.8. The number of carbonyl (C=O) groups excluding carboxylic acids is 1. The van der Waals surface area contributed by atoms with Crippen LogP contribution in [0.25, 0.3) is 0 Å². The molecule has 1 N–H and O–H groups in total. The van der Waals surface area contributed by atoms with Crippen molar-refractivity contribution >= 4 is 5.78 Å². The van der Waals surface area contributed by atoms with E-state index in [0.29, 0.717) is 13.0 Å². The Morgan fingerprint density at radius 3 is 2.40 bits per heavy atom. The van der Waals surface area contributed by atoms with Crippen LogP contribution >= 0.6 is 0 Å². The van der Waals surface area contributed by atoms with Gasteiger partial charge in [0, 0.05) is 6.61 Å². The van der Waals surface area contributed by atoms with Gasteiger partial charge in [-0.05, 0) is 26.7 Å². The Labute approximate surface area is 92.8 Å². The van der Waals surface area contributed by atoms with Crippen molar-refractivity contribution in [3.05, 3.63) is 0 Å². The zero-order valence-corrected chi connectivity index (χ0v) is 10.4. The Morgan fingerprint density at radius 1 is 1.33 bits per heavy atom.